The highest BCUT2D eigenvalue weighted by Crippen LogP contribution is 2.19. The number of aromatic nitrogens is 2. The van der Waals surface area contributed by atoms with Crippen LogP contribution in [0.4, 0.5) is 5.69 Å². The molecule has 2 heterocycles. The van der Waals surface area contributed by atoms with Crippen LogP contribution in [-0.4, -0.2) is 57.4 Å². The lowest BCUT2D eigenvalue weighted by Gasteiger charge is -2.34. The van der Waals surface area contributed by atoms with Crippen LogP contribution in [0.1, 0.15) is 24.3 Å². The van der Waals surface area contributed by atoms with Crippen molar-refractivity contribution in [3.05, 3.63) is 11.9 Å². The van der Waals surface area contributed by atoms with E-state index in [-0.39, 0.29) is 11.7 Å². The van der Waals surface area contributed by atoms with Crippen molar-refractivity contribution in [2.45, 2.75) is 19.9 Å². The van der Waals surface area contributed by atoms with Gasteiger partial charge in [0.1, 0.15) is 11.5 Å². The zero-order valence-electron chi connectivity index (χ0n) is 11.3. The van der Waals surface area contributed by atoms with Crippen molar-refractivity contribution < 1.29 is 14.6 Å². The molecule has 1 aromatic rings. The predicted molar refractivity (Wildman–Crippen MR) is 69.9 cm³/mol. The number of hydrogen-bond acceptors (Lipinski definition) is 4. The second-order valence-corrected chi connectivity index (χ2v) is 4.58. The number of aromatic carboxylic acids is 1. The molecular weight excluding hydrogens is 248 g/mol. The topological polar surface area (TPSA) is 80.0 Å². The number of aryl methyl sites for hydroxylation is 1. The Bertz CT molecular complexity index is 509. The van der Waals surface area contributed by atoms with Crippen LogP contribution in [0.15, 0.2) is 11.2 Å². The highest BCUT2D eigenvalue weighted by Gasteiger charge is 2.21. The summed E-state index contributed by atoms with van der Waals surface area (Å²) in [5, 5.41) is 13.1. The van der Waals surface area contributed by atoms with Gasteiger partial charge < -0.3 is 14.7 Å². The molecule has 2 rings (SSSR count). The molecule has 0 radical (unpaired) electrons. The Morgan fingerprint density at radius 3 is 3.00 bits per heavy atom. The third-order valence-electron chi connectivity index (χ3n) is 3.19. The Morgan fingerprint density at radius 1 is 1.63 bits per heavy atom. The van der Waals surface area contributed by atoms with Crippen molar-refractivity contribution in [1.29, 1.82) is 0 Å². The van der Waals surface area contributed by atoms with Gasteiger partial charge in [0.25, 0.3) is 0 Å². The van der Waals surface area contributed by atoms with Crippen molar-refractivity contribution in [2.75, 3.05) is 19.8 Å². The highest BCUT2D eigenvalue weighted by atomic mass is 16.5. The number of carboxylic acid groups (broad SMARTS) is 1. The molecule has 1 fully saturated rings. The fourth-order valence-electron chi connectivity index (χ4n) is 2.20. The van der Waals surface area contributed by atoms with Crippen molar-refractivity contribution >= 4 is 17.5 Å². The van der Waals surface area contributed by atoms with Gasteiger partial charge in [-0.1, -0.05) is 0 Å². The van der Waals surface area contributed by atoms with Crippen LogP contribution < -0.4 is 0 Å². The van der Waals surface area contributed by atoms with E-state index in [1.54, 1.807) is 7.05 Å². The Morgan fingerprint density at radius 2 is 2.37 bits per heavy atom. The normalized spacial score (nSPS) is 20.7. The lowest BCUT2D eigenvalue weighted by molar-refractivity contribution is 0.0330. The van der Waals surface area contributed by atoms with E-state index in [1.165, 1.54) is 10.9 Å². The summed E-state index contributed by atoms with van der Waals surface area (Å²) < 4.78 is 6.69. The Labute approximate surface area is 111 Å². The average molecular weight is 266 g/mol. The SMILES string of the molecule is C/C(=N\c1cnn(C)c1C(=O)O)N1CCOCC1C. The predicted octanol–water partition coefficient (Wildman–Crippen LogP) is 0.889. The van der Waals surface area contributed by atoms with E-state index in [0.717, 1.165) is 12.4 Å². The maximum atomic E-state index is 11.2. The third-order valence-corrected chi connectivity index (χ3v) is 3.19. The summed E-state index contributed by atoms with van der Waals surface area (Å²) in [5.41, 5.74) is 0.478. The van der Waals surface area contributed by atoms with Crippen LogP contribution in [0.25, 0.3) is 0 Å². The quantitative estimate of drug-likeness (QED) is 0.635. The molecule has 1 aliphatic heterocycles. The van der Waals surface area contributed by atoms with E-state index in [1.807, 2.05) is 6.92 Å². The molecule has 0 aliphatic carbocycles. The van der Waals surface area contributed by atoms with E-state index < -0.39 is 5.97 Å². The third kappa shape index (κ3) is 2.76. The molecular formula is C12H18N4O3. The second kappa shape index (κ2) is 5.40. The monoisotopic (exact) mass is 266 g/mol. The van der Waals surface area contributed by atoms with Crippen molar-refractivity contribution in [3.8, 4) is 0 Å². The van der Waals surface area contributed by atoms with Gasteiger partial charge in [0.2, 0.25) is 0 Å². The summed E-state index contributed by atoms with van der Waals surface area (Å²) in [5.74, 6) is -0.243. The van der Waals surface area contributed by atoms with Gasteiger partial charge in [-0.25, -0.2) is 9.79 Å². The Hall–Kier alpha value is -1.89. The molecule has 7 nitrogen and oxygen atoms in total. The van der Waals surface area contributed by atoms with Gasteiger partial charge in [-0.2, -0.15) is 5.10 Å². The summed E-state index contributed by atoms with van der Waals surface area (Å²) in [6, 6.07) is 0.238. The minimum atomic E-state index is -1.03. The van der Waals surface area contributed by atoms with Crippen LogP contribution in [0.3, 0.4) is 0 Å². The first-order chi connectivity index (χ1) is 9.00. The molecule has 1 atom stereocenters. The standard InChI is InChI=1S/C12H18N4O3/c1-8-7-19-5-4-16(8)9(2)14-10-6-13-15(3)11(10)12(17)18/h6,8H,4-5,7H2,1-3H3,(H,17,18)/b14-9+. The first-order valence-corrected chi connectivity index (χ1v) is 6.15. The van der Waals surface area contributed by atoms with Gasteiger partial charge in [0.15, 0.2) is 5.69 Å². The van der Waals surface area contributed by atoms with Gasteiger partial charge in [-0.3, -0.25) is 4.68 Å². The summed E-state index contributed by atoms with van der Waals surface area (Å²) in [4.78, 5) is 17.7. The number of hydrogen-bond donors (Lipinski definition) is 1. The number of morpholine rings is 1. The molecule has 19 heavy (non-hydrogen) atoms. The Balaban J connectivity index is 2.27. The molecule has 104 valence electrons. The van der Waals surface area contributed by atoms with E-state index in [2.05, 4.69) is 21.9 Å². The number of nitrogens with zero attached hydrogens (tertiary/aromatic N) is 4. The molecule has 1 N–H and O–H groups in total. The smallest absolute Gasteiger partial charge is 0.356 e. The van der Waals surface area contributed by atoms with E-state index in [9.17, 15) is 4.79 Å². The fourth-order valence-corrected chi connectivity index (χ4v) is 2.20. The highest BCUT2D eigenvalue weighted by molar-refractivity contribution is 5.93. The van der Waals surface area contributed by atoms with Gasteiger partial charge in [0, 0.05) is 13.6 Å². The van der Waals surface area contributed by atoms with Crippen molar-refractivity contribution in [1.82, 2.24) is 14.7 Å². The van der Waals surface area contributed by atoms with Crippen LogP contribution in [0, 0.1) is 0 Å². The van der Waals surface area contributed by atoms with Crippen LogP contribution in [0.5, 0.6) is 0 Å². The largest absolute Gasteiger partial charge is 0.476 e. The van der Waals surface area contributed by atoms with Crippen molar-refractivity contribution in [2.24, 2.45) is 12.0 Å². The van der Waals surface area contributed by atoms with E-state index in [0.29, 0.717) is 18.9 Å². The van der Waals surface area contributed by atoms with E-state index in [4.69, 9.17) is 9.84 Å². The zero-order chi connectivity index (χ0) is 14.0. The fraction of sp³-hybridized carbons (Fsp3) is 0.583. The lowest BCUT2D eigenvalue weighted by Crippen LogP contribution is -2.46. The second-order valence-electron chi connectivity index (χ2n) is 4.58. The maximum Gasteiger partial charge on any atom is 0.356 e. The average Bonchev–Trinajstić information content (AvgIpc) is 2.70. The molecule has 0 saturated carbocycles. The number of carbonyl (C=O) groups is 1. The van der Waals surface area contributed by atoms with Gasteiger partial charge in [-0.05, 0) is 13.8 Å². The van der Waals surface area contributed by atoms with Crippen molar-refractivity contribution in [3.63, 3.8) is 0 Å². The molecule has 0 spiro atoms. The molecule has 0 amide bonds. The van der Waals surface area contributed by atoms with Gasteiger partial charge in [-0.15, -0.1) is 0 Å². The summed E-state index contributed by atoms with van der Waals surface area (Å²) in [7, 11) is 1.59. The molecule has 1 unspecified atom stereocenters. The van der Waals surface area contributed by atoms with Gasteiger partial charge >= 0.3 is 5.97 Å². The zero-order valence-corrected chi connectivity index (χ0v) is 11.3. The minimum Gasteiger partial charge on any atom is -0.476 e. The number of amidine groups is 1. The lowest BCUT2D eigenvalue weighted by atomic mass is 10.2. The molecule has 1 aromatic heterocycles. The van der Waals surface area contributed by atoms with Crippen LogP contribution in [-0.2, 0) is 11.8 Å². The molecule has 1 aliphatic rings. The molecule has 7 heteroatoms. The van der Waals surface area contributed by atoms with Crippen LogP contribution in [0.2, 0.25) is 0 Å². The minimum absolute atomic E-state index is 0.0975. The number of aliphatic imine (C=N–C) groups is 1. The van der Waals surface area contributed by atoms with Gasteiger partial charge in [0.05, 0.1) is 25.5 Å². The van der Waals surface area contributed by atoms with Crippen LogP contribution >= 0.6 is 0 Å². The number of carboxylic acids is 1. The molecule has 0 bridgehead atoms. The summed E-state index contributed by atoms with van der Waals surface area (Å²) >= 11 is 0. The first-order valence-electron chi connectivity index (χ1n) is 6.15. The van der Waals surface area contributed by atoms with E-state index >= 15 is 0 Å². The molecule has 1 saturated heterocycles. The summed E-state index contributed by atoms with van der Waals surface area (Å²) in [6.07, 6.45) is 1.47. The Kier molecular flexibility index (Phi) is 3.84. The maximum absolute atomic E-state index is 11.2. The first kappa shape index (κ1) is 13.5. The molecule has 0 aromatic carbocycles. The number of ether oxygens (including phenoxy) is 1. The summed E-state index contributed by atoms with van der Waals surface area (Å²) in [6.45, 7) is 6.01. The number of rotatable bonds is 2.